The van der Waals surface area contributed by atoms with Gasteiger partial charge in [0.2, 0.25) is 0 Å². The second-order valence-corrected chi connectivity index (χ2v) is 20.0. The van der Waals surface area contributed by atoms with Crippen LogP contribution in [0.15, 0.2) is 90.0 Å². The standard InChI is InChI=1S/C50H81N3O15P2/c1-3-5-7-9-11-13-15-17-18-19-20-21-22-24-26-28-30-32-34-36-46(55)66-42(39-63-45(54)35-33-31-29-27-25-23-16-14-12-10-8-6-4-2)40-64-69(59,60)68-70(61,62)65-41-43-47(56)48(57)49(67-43)53-38-37-44(51)52-50(53)58/h5,7,11,13,17-18,20-21,24,26,30,32,37-38,42-43,47-49,56-57H,3-4,6,8-10,12,14-16,19,22-23,25,27-29,31,33-36,39-41H2,1-2H3,(H,59,60)(H,61,62)(H2,51,52,58)/b7-5-,13-11-,18-17-,21-20-,26-24-,32-30-/t42-,43-,47+,48?,49-/m1/s1. The van der Waals surface area contributed by atoms with E-state index in [-0.39, 0.29) is 18.7 Å². The van der Waals surface area contributed by atoms with Crippen LogP contribution < -0.4 is 11.4 Å². The number of nitrogen functional groups attached to an aromatic ring is 1. The van der Waals surface area contributed by atoms with Gasteiger partial charge >= 0.3 is 33.3 Å². The summed E-state index contributed by atoms with van der Waals surface area (Å²) in [6.07, 6.45) is 38.6. The molecule has 1 aromatic heterocycles. The number of hydrogen-bond acceptors (Lipinski definition) is 15. The van der Waals surface area contributed by atoms with Crippen LogP contribution in [0, 0.1) is 0 Å². The molecule has 0 aliphatic carbocycles. The van der Waals surface area contributed by atoms with Crippen molar-refractivity contribution < 1.29 is 66.3 Å². The number of aromatic nitrogens is 2. The fourth-order valence-corrected chi connectivity index (χ4v) is 9.10. The van der Waals surface area contributed by atoms with Crippen molar-refractivity contribution in [2.45, 2.75) is 186 Å². The molecule has 0 spiro atoms. The summed E-state index contributed by atoms with van der Waals surface area (Å²) in [7, 11) is -10.9. The molecule has 7 atom stereocenters. The monoisotopic (exact) mass is 1030 g/mol. The van der Waals surface area contributed by atoms with E-state index in [0.29, 0.717) is 19.3 Å². The fraction of sp³-hybridized carbons (Fsp3) is 0.640. The zero-order valence-corrected chi connectivity index (χ0v) is 43.1. The Morgan fingerprint density at radius 1 is 0.700 bits per heavy atom. The van der Waals surface area contributed by atoms with Crippen LogP contribution in [0.2, 0.25) is 0 Å². The molecule has 1 aliphatic heterocycles. The van der Waals surface area contributed by atoms with Crippen molar-refractivity contribution in [3.05, 3.63) is 95.7 Å². The highest BCUT2D eigenvalue weighted by atomic mass is 31.3. The van der Waals surface area contributed by atoms with E-state index >= 15 is 0 Å². The smallest absolute Gasteiger partial charge is 0.462 e. The number of esters is 2. The molecular formula is C50H81N3O15P2. The first-order valence-corrected chi connectivity index (χ1v) is 27.9. The Balaban J connectivity index is 1.84. The maximum atomic E-state index is 12.8. The van der Waals surface area contributed by atoms with Crippen molar-refractivity contribution in [3.8, 4) is 0 Å². The highest BCUT2D eigenvalue weighted by molar-refractivity contribution is 7.61. The molecule has 3 unspecified atom stereocenters. The summed E-state index contributed by atoms with van der Waals surface area (Å²) in [4.78, 5) is 61.8. The van der Waals surface area contributed by atoms with Crippen molar-refractivity contribution in [1.82, 2.24) is 9.55 Å². The van der Waals surface area contributed by atoms with Gasteiger partial charge in [0.15, 0.2) is 12.3 Å². The van der Waals surface area contributed by atoms with E-state index in [1.54, 1.807) is 0 Å². The van der Waals surface area contributed by atoms with Crippen molar-refractivity contribution in [1.29, 1.82) is 0 Å². The zero-order valence-electron chi connectivity index (χ0n) is 41.3. The van der Waals surface area contributed by atoms with E-state index in [1.165, 1.54) is 57.4 Å². The van der Waals surface area contributed by atoms with Crippen molar-refractivity contribution in [2.75, 3.05) is 25.6 Å². The molecule has 2 heterocycles. The second kappa shape index (κ2) is 37.9. The minimum Gasteiger partial charge on any atom is -0.462 e. The van der Waals surface area contributed by atoms with E-state index < -0.39 is 83.7 Å². The summed E-state index contributed by atoms with van der Waals surface area (Å²) < 4.78 is 56.6. The van der Waals surface area contributed by atoms with E-state index in [9.17, 15) is 43.5 Å². The molecule has 1 fully saturated rings. The van der Waals surface area contributed by atoms with Crippen LogP contribution in [-0.2, 0) is 46.3 Å². The Morgan fingerprint density at radius 3 is 1.73 bits per heavy atom. The molecule has 6 N–H and O–H groups in total. The highest BCUT2D eigenvalue weighted by Gasteiger charge is 2.46. The molecule has 0 aromatic carbocycles. The maximum Gasteiger partial charge on any atom is 0.481 e. The number of aliphatic hydroxyl groups is 2. The SMILES string of the molecule is CC/C=C\C/C=C\C/C=C\C/C=C\C/C=C\C/C=C\CCC(=O)O[C@H](COC(=O)CCCCCCCCCCCCCCC)COP(=O)(O)OP(=O)(O)OC[C@H]1O[C@@H](n2ccc(N)nc2=O)C(O)[C@H]1O. The number of unbranched alkanes of at least 4 members (excludes halogenated alkanes) is 12. The van der Waals surface area contributed by atoms with Gasteiger partial charge in [-0.05, 0) is 57.4 Å². The summed E-state index contributed by atoms with van der Waals surface area (Å²) >= 11 is 0. The molecule has 1 saturated heterocycles. The van der Waals surface area contributed by atoms with E-state index in [2.05, 4.69) is 71.8 Å². The van der Waals surface area contributed by atoms with Gasteiger partial charge in [-0.25, -0.2) is 13.9 Å². The summed E-state index contributed by atoms with van der Waals surface area (Å²) in [5, 5.41) is 20.9. The Labute approximate surface area is 415 Å². The number of phosphoric ester groups is 2. The summed E-state index contributed by atoms with van der Waals surface area (Å²) in [6, 6.07) is 1.24. The molecule has 1 aromatic rings. The molecule has 0 amide bonds. The largest absolute Gasteiger partial charge is 0.481 e. The third kappa shape index (κ3) is 30.2. The fourth-order valence-electron chi connectivity index (χ4n) is 6.99. The summed E-state index contributed by atoms with van der Waals surface area (Å²) in [6.45, 7) is 1.96. The van der Waals surface area contributed by atoms with Gasteiger partial charge in [-0.1, -0.05) is 164 Å². The first kappa shape index (κ1) is 62.3. The van der Waals surface area contributed by atoms with Crippen LogP contribution in [0.3, 0.4) is 0 Å². The Bertz CT molecular complexity index is 1950. The van der Waals surface area contributed by atoms with E-state index in [4.69, 9.17) is 29.0 Å². The number of nitrogens with zero attached hydrogens (tertiary/aromatic N) is 2. The van der Waals surface area contributed by atoms with Gasteiger partial charge in [-0.15, -0.1) is 0 Å². The van der Waals surface area contributed by atoms with Crippen molar-refractivity contribution in [2.24, 2.45) is 0 Å². The van der Waals surface area contributed by atoms with Crippen molar-refractivity contribution in [3.63, 3.8) is 0 Å². The normalized spacial score (nSPS) is 19.9. The molecule has 396 valence electrons. The van der Waals surface area contributed by atoms with Gasteiger partial charge in [0, 0.05) is 19.0 Å². The van der Waals surface area contributed by atoms with Gasteiger partial charge in [0.1, 0.15) is 30.7 Å². The van der Waals surface area contributed by atoms with Crippen LogP contribution in [0.4, 0.5) is 5.82 Å². The van der Waals surface area contributed by atoms with E-state index in [0.717, 1.165) is 68.6 Å². The molecule has 0 bridgehead atoms. The number of phosphoric acid groups is 2. The molecule has 0 radical (unpaired) electrons. The predicted octanol–water partition coefficient (Wildman–Crippen LogP) is 10.1. The molecule has 1 aliphatic rings. The molecule has 20 heteroatoms. The number of aliphatic hydroxyl groups excluding tert-OH is 2. The third-order valence-electron chi connectivity index (χ3n) is 10.8. The minimum atomic E-state index is -5.44. The van der Waals surface area contributed by atoms with Gasteiger partial charge in [-0.2, -0.15) is 9.29 Å². The van der Waals surface area contributed by atoms with Crippen LogP contribution in [0.5, 0.6) is 0 Å². The first-order chi connectivity index (χ1) is 33.7. The molecular weight excluding hydrogens is 945 g/mol. The Hall–Kier alpha value is -3.80. The Kier molecular flexibility index (Phi) is 33.7. The van der Waals surface area contributed by atoms with Gasteiger partial charge in [0.05, 0.1) is 13.2 Å². The first-order valence-electron chi connectivity index (χ1n) is 24.9. The minimum absolute atomic E-state index is 0.0767. The summed E-state index contributed by atoms with van der Waals surface area (Å²) in [5.74, 6) is -1.40. The lowest BCUT2D eigenvalue weighted by atomic mass is 10.0. The van der Waals surface area contributed by atoms with Gasteiger partial charge in [-0.3, -0.25) is 23.2 Å². The summed E-state index contributed by atoms with van der Waals surface area (Å²) in [5.41, 5.74) is 4.58. The molecule has 70 heavy (non-hydrogen) atoms. The number of carbonyl (C=O) groups is 2. The second-order valence-electron chi connectivity index (χ2n) is 16.9. The number of nitrogens with two attached hydrogens (primary N) is 1. The lowest BCUT2D eigenvalue weighted by Gasteiger charge is -2.21. The molecule has 0 saturated carbocycles. The Morgan fingerprint density at radius 2 is 1.20 bits per heavy atom. The average Bonchev–Trinajstić information content (AvgIpc) is 3.59. The van der Waals surface area contributed by atoms with Crippen LogP contribution in [0.1, 0.15) is 161 Å². The average molecular weight is 1030 g/mol. The van der Waals surface area contributed by atoms with Gasteiger partial charge < -0.3 is 39.9 Å². The molecule has 18 nitrogen and oxygen atoms in total. The number of allylic oxidation sites excluding steroid dienone is 12. The quantitative estimate of drug-likeness (QED) is 0.0177. The maximum absolute atomic E-state index is 12.8. The lowest BCUT2D eigenvalue weighted by Crippen LogP contribution is -2.36. The van der Waals surface area contributed by atoms with E-state index in [1.807, 2.05) is 24.3 Å². The van der Waals surface area contributed by atoms with Gasteiger partial charge in [0.25, 0.3) is 0 Å². The van der Waals surface area contributed by atoms with Crippen LogP contribution in [-0.4, -0.2) is 85.7 Å². The molecule has 2 rings (SSSR count). The number of anilines is 1. The topological polar surface area (TPSA) is 265 Å². The zero-order chi connectivity index (χ0) is 51.3. The predicted molar refractivity (Wildman–Crippen MR) is 270 cm³/mol. The van der Waals surface area contributed by atoms with Crippen LogP contribution in [0.25, 0.3) is 0 Å². The highest BCUT2D eigenvalue weighted by Crippen LogP contribution is 2.60. The number of rotatable bonds is 40. The lowest BCUT2D eigenvalue weighted by molar-refractivity contribution is -0.161. The van der Waals surface area contributed by atoms with Crippen LogP contribution >= 0.6 is 15.6 Å². The van der Waals surface area contributed by atoms with Crippen molar-refractivity contribution >= 4 is 33.4 Å². The number of ether oxygens (including phenoxy) is 3. The number of hydrogen-bond donors (Lipinski definition) is 5. The number of carbonyl (C=O) groups excluding carboxylic acids is 2. The third-order valence-corrected chi connectivity index (χ3v) is 13.4.